The van der Waals surface area contributed by atoms with Crippen LogP contribution in [0.4, 0.5) is 17.1 Å². The molecule has 68 heavy (non-hydrogen) atoms. The molecule has 0 amide bonds. The van der Waals surface area contributed by atoms with Crippen molar-refractivity contribution >= 4 is 82.5 Å². The minimum absolute atomic E-state index is 0.168. The lowest BCUT2D eigenvalue weighted by atomic mass is 9.82. The number of benzene rings is 11. The molecule has 0 aliphatic heterocycles. The second kappa shape index (κ2) is 14.7. The molecule has 0 saturated heterocycles. The van der Waals surface area contributed by atoms with Crippen LogP contribution in [0.25, 0.3) is 110 Å². The van der Waals surface area contributed by atoms with Crippen molar-refractivity contribution in [3.63, 3.8) is 0 Å². The van der Waals surface area contributed by atoms with Gasteiger partial charge in [-0.3, -0.25) is 0 Å². The van der Waals surface area contributed by atoms with Gasteiger partial charge in [0, 0.05) is 38.4 Å². The SMILES string of the molecule is CC1(C)c2ccccc2-c2c(N(c3ccc(-c4cccc5c4oc4ccccc45)cc3)c3cccc4oc5ccc(-c6ccc7c(-c8ccccc8)cc8ccccc8c7c6)cc5c34)cccc21. The summed E-state index contributed by atoms with van der Waals surface area (Å²) in [6.07, 6.45) is 0. The van der Waals surface area contributed by atoms with Gasteiger partial charge in [-0.25, -0.2) is 0 Å². The fraction of sp³-hybridized carbons (Fsp3) is 0.0462. The minimum atomic E-state index is -0.168. The second-order valence-electron chi connectivity index (χ2n) is 18.8. The molecule has 0 radical (unpaired) electrons. The van der Waals surface area contributed by atoms with Crippen molar-refractivity contribution in [3.05, 3.63) is 236 Å². The van der Waals surface area contributed by atoms with Gasteiger partial charge in [-0.1, -0.05) is 178 Å². The molecule has 3 heteroatoms. The zero-order valence-electron chi connectivity index (χ0n) is 37.6. The Kier molecular flexibility index (Phi) is 8.33. The highest BCUT2D eigenvalue weighted by atomic mass is 16.3. The van der Waals surface area contributed by atoms with Crippen molar-refractivity contribution in [3.8, 4) is 44.5 Å². The fourth-order valence-electron chi connectivity index (χ4n) is 11.4. The summed E-state index contributed by atoms with van der Waals surface area (Å²) in [6.45, 7) is 4.70. The van der Waals surface area contributed by atoms with E-state index < -0.39 is 0 Å². The van der Waals surface area contributed by atoms with E-state index >= 15 is 0 Å². The maximum absolute atomic E-state index is 6.79. The van der Waals surface area contributed by atoms with Crippen LogP contribution in [-0.2, 0) is 5.41 Å². The van der Waals surface area contributed by atoms with E-state index in [1.165, 1.54) is 54.9 Å². The highest BCUT2D eigenvalue weighted by Crippen LogP contribution is 2.55. The molecule has 2 heterocycles. The Hall–Kier alpha value is -8.66. The summed E-state index contributed by atoms with van der Waals surface area (Å²) in [5.74, 6) is 0. The Balaban J connectivity index is 0.973. The second-order valence-corrected chi connectivity index (χ2v) is 18.8. The number of para-hydroxylation sites is 2. The van der Waals surface area contributed by atoms with Gasteiger partial charge < -0.3 is 13.7 Å². The average Bonchev–Trinajstić information content (AvgIpc) is 4.04. The van der Waals surface area contributed by atoms with Crippen LogP contribution in [0.3, 0.4) is 0 Å². The van der Waals surface area contributed by atoms with Crippen molar-refractivity contribution in [2.24, 2.45) is 0 Å². The van der Waals surface area contributed by atoms with Crippen LogP contribution in [0.1, 0.15) is 25.0 Å². The number of hydrogen-bond acceptors (Lipinski definition) is 3. The van der Waals surface area contributed by atoms with Gasteiger partial charge in [-0.05, 0) is 127 Å². The van der Waals surface area contributed by atoms with E-state index in [-0.39, 0.29) is 5.41 Å². The zero-order valence-corrected chi connectivity index (χ0v) is 37.6. The van der Waals surface area contributed by atoms with Crippen molar-refractivity contribution in [1.29, 1.82) is 0 Å². The van der Waals surface area contributed by atoms with Crippen molar-refractivity contribution in [2.45, 2.75) is 19.3 Å². The first kappa shape index (κ1) is 38.6. The first-order valence-corrected chi connectivity index (χ1v) is 23.5. The minimum Gasteiger partial charge on any atom is -0.456 e. The number of furan rings is 2. The summed E-state index contributed by atoms with van der Waals surface area (Å²) in [7, 11) is 0. The quantitative estimate of drug-likeness (QED) is 0.156. The fourth-order valence-corrected chi connectivity index (χ4v) is 11.4. The van der Waals surface area contributed by atoms with E-state index in [1.54, 1.807) is 0 Å². The summed E-state index contributed by atoms with van der Waals surface area (Å²) >= 11 is 0. The van der Waals surface area contributed by atoms with E-state index in [2.05, 4.69) is 231 Å². The Morgan fingerprint density at radius 3 is 1.85 bits per heavy atom. The molecule has 0 N–H and O–H groups in total. The van der Waals surface area contributed by atoms with Gasteiger partial charge in [0.15, 0.2) is 0 Å². The molecule has 0 fully saturated rings. The lowest BCUT2D eigenvalue weighted by Gasteiger charge is -2.29. The molecule has 0 spiro atoms. The molecule has 11 aromatic carbocycles. The van der Waals surface area contributed by atoms with E-state index in [0.717, 1.165) is 83.2 Å². The maximum Gasteiger partial charge on any atom is 0.143 e. The van der Waals surface area contributed by atoms with Crippen LogP contribution in [-0.4, -0.2) is 0 Å². The Bertz CT molecular complexity index is 4170. The summed E-state index contributed by atoms with van der Waals surface area (Å²) < 4.78 is 13.3. The average molecular weight is 870 g/mol. The normalized spacial score (nSPS) is 13.0. The van der Waals surface area contributed by atoms with Crippen LogP contribution >= 0.6 is 0 Å². The molecule has 14 rings (SSSR count). The summed E-state index contributed by atoms with van der Waals surface area (Å²) in [6, 6.07) is 81.4. The lowest BCUT2D eigenvalue weighted by Crippen LogP contribution is -2.16. The number of hydrogen-bond donors (Lipinski definition) is 0. The standard InChI is InChI=1S/C65H43NO2/c1-65(2)55-23-10-8-20-51(55)62-56(65)24-13-25-57(62)66(45-33-29-41(30-34-45)47-21-12-22-50-49-19-9-11-27-59(49)68-64(47)50)58-26-14-28-61-63(58)54-38-43(32-36-60(54)67-61)42-31-35-48-52(40-15-4-3-5-16-40)39-44-17-6-7-18-46(44)53(48)37-42/h3-39H,1-2H3. The molecule has 0 unspecified atom stereocenters. The zero-order chi connectivity index (χ0) is 45.1. The molecule has 0 bridgehead atoms. The number of anilines is 3. The third-order valence-corrected chi connectivity index (χ3v) is 14.7. The highest BCUT2D eigenvalue weighted by molar-refractivity contribution is 6.17. The predicted molar refractivity (Wildman–Crippen MR) is 285 cm³/mol. The van der Waals surface area contributed by atoms with Crippen molar-refractivity contribution < 1.29 is 8.83 Å². The summed E-state index contributed by atoms with van der Waals surface area (Å²) in [5.41, 5.74) is 18.7. The molecular weight excluding hydrogens is 827 g/mol. The van der Waals surface area contributed by atoms with E-state index in [0.29, 0.717) is 0 Å². The van der Waals surface area contributed by atoms with Crippen LogP contribution < -0.4 is 4.90 Å². The van der Waals surface area contributed by atoms with Gasteiger partial charge in [0.2, 0.25) is 0 Å². The van der Waals surface area contributed by atoms with E-state index in [1.807, 2.05) is 12.1 Å². The smallest absolute Gasteiger partial charge is 0.143 e. The molecule has 1 aliphatic carbocycles. The monoisotopic (exact) mass is 869 g/mol. The predicted octanol–water partition coefficient (Wildman–Crippen LogP) is 18.6. The molecule has 0 atom stereocenters. The maximum atomic E-state index is 6.79. The molecule has 2 aromatic heterocycles. The van der Waals surface area contributed by atoms with Gasteiger partial charge >= 0.3 is 0 Å². The first-order valence-electron chi connectivity index (χ1n) is 23.5. The molecule has 1 aliphatic rings. The van der Waals surface area contributed by atoms with E-state index in [4.69, 9.17) is 8.83 Å². The third kappa shape index (κ3) is 5.72. The third-order valence-electron chi connectivity index (χ3n) is 14.7. The lowest BCUT2D eigenvalue weighted by molar-refractivity contribution is 0.660. The Morgan fingerprint density at radius 1 is 0.353 bits per heavy atom. The Labute approximate surface area is 393 Å². The first-order chi connectivity index (χ1) is 33.5. The molecular formula is C65H43NO2. The largest absolute Gasteiger partial charge is 0.456 e. The molecule has 0 saturated carbocycles. The van der Waals surface area contributed by atoms with Crippen molar-refractivity contribution in [2.75, 3.05) is 4.90 Å². The van der Waals surface area contributed by atoms with Gasteiger partial charge in [-0.2, -0.15) is 0 Å². The van der Waals surface area contributed by atoms with Crippen LogP contribution in [0.2, 0.25) is 0 Å². The van der Waals surface area contributed by atoms with Crippen LogP contribution in [0.15, 0.2) is 233 Å². The number of rotatable bonds is 6. The topological polar surface area (TPSA) is 29.5 Å². The van der Waals surface area contributed by atoms with Crippen LogP contribution in [0.5, 0.6) is 0 Å². The molecule has 13 aromatic rings. The van der Waals surface area contributed by atoms with Gasteiger partial charge in [0.1, 0.15) is 22.3 Å². The molecule has 3 nitrogen and oxygen atoms in total. The number of fused-ring (bicyclic) bond motifs is 12. The highest BCUT2D eigenvalue weighted by Gasteiger charge is 2.38. The summed E-state index contributed by atoms with van der Waals surface area (Å²) in [5, 5.41) is 9.35. The van der Waals surface area contributed by atoms with Gasteiger partial charge in [0.25, 0.3) is 0 Å². The Morgan fingerprint density at radius 2 is 0.971 bits per heavy atom. The van der Waals surface area contributed by atoms with E-state index in [9.17, 15) is 0 Å². The van der Waals surface area contributed by atoms with Gasteiger partial charge in [-0.15, -0.1) is 0 Å². The summed E-state index contributed by atoms with van der Waals surface area (Å²) in [4.78, 5) is 2.46. The number of nitrogens with zero attached hydrogens (tertiary/aromatic N) is 1. The molecule has 320 valence electrons. The van der Waals surface area contributed by atoms with Crippen LogP contribution in [0, 0.1) is 0 Å². The van der Waals surface area contributed by atoms with Crippen molar-refractivity contribution in [1.82, 2.24) is 0 Å². The van der Waals surface area contributed by atoms with Gasteiger partial charge in [0.05, 0.1) is 16.8 Å².